The van der Waals surface area contributed by atoms with Crippen LogP contribution in [0.4, 0.5) is 0 Å². The Bertz CT molecular complexity index is 313. The van der Waals surface area contributed by atoms with E-state index in [1.807, 2.05) is 0 Å². The zero-order valence-corrected chi connectivity index (χ0v) is 11.3. The second-order valence-electron chi connectivity index (χ2n) is 4.28. The molecule has 1 fully saturated rings. The molecular weight excluding hydrogens is 268 g/mol. The fourth-order valence-electron chi connectivity index (χ4n) is 2.01. The van der Waals surface area contributed by atoms with Crippen molar-refractivity contribution in [3.05, 3.63) is 0 Å². The number of nitrogens with zero attached hydrogens (tertiary/aromatic N) is 1. The molecule has 1 saturated heterocycles. The number of aliphatic hydroxyl groups excluding tert-OH is 1. The highest BCUT2D eigenvalue weighted by Crippen LogP contribution is 2.53. The van der Waals surface area contributed by atoms with Crippen LogP contribution in [0.2, 0.25) is 0 Å². The van der Waals surface area contributed by atoms with Gasteiger partial charge in [-0.1, -0.05) is 0 Å². The van der Waals surface area contributed by atoms with Gasteiger partial charge in [0.1, 0.15) is 0 Å². The lowest BCUT2D eigenvalue weighted by atomic mass is 10.2. The second kappa shape index (κ2) is 6.43. The van der Waals surface area contributed by atoms with Crippen molar-refractivity contribution in [1.29, 1.82) is 0 Å². The smallest absolute Gasteiger partial charge is 0.340 e. The van der Waals surface area contributed by atoms with Gasteiger partial charge in [0.2, 0.25) is 8.03 Å². The Labute approximate surface area is 100 Å². The summed E-state index contributed by atoms with van der Waals surface area (Å²) in [5.41, 5.74) is 0. The van der Waals surface area contributed by atoms with Crippen molar-refractivity contribution < 1.29 is 28.9 Å². The average Bonchev–Trinajstić information content (AvgIpc) is 2.63. The van der Waals surface area contributed by atoms with Crippen LogP contribution in [0.25, 0.3) is 0 Å². The fraction of sp³-hybridized carbons (Fsp3) is 1.00. The molecule has 1 rings (SSSR count). The first kappa shape index (κ1) is 15.3. The molecule has 3 atom stereocenters. The van der Waals surface area contributed by atoms with Gasteiger partial charge in [0.15, 0.2) is 5.40 Å². The van der Waals surface area contributed by atoms with Gasteiger partial charge in [-0.25, -0.2) is 0 Å². The zero-order valence-electron chi connectivity index (χ0n) is 9.40. The van der Waals surface area contributed by atoms with Gasteiger partial charge in [0.05, 0.1) is 6.10 Å². The van der Waals surface area contributed by atoms with E-state index in [1.165, 1.54) is 0 Å². The summed E-state index contributed by atoms with van der Waals surface area (Å²) < 4.78 is 21.9. The summed E-state index contributed by atoms with van der Waals surface area (Å²) in [6, 6.07) is 0. The van der Waals surface area contributed by atoms with Gasteiger partial charge in [0, 0.05) is 6.54 Å². The molecule has 0 aromatic heterocycles. The van der Waals surface area contributed by atoms with E-state index >= 15 is 0 Å². The van der Waals surface area contributed by atoms with Crippen molar-refractivity contribution in [2.45, 2.75) is 30.8 Å². The van der Waals surface area contributed by atoms with Crippen LogP contribution in [0.3, 0.4) is 0 Å². The molecule has 0 aromatic carbocycles. The lowest BCUT2D eigenvalue weighted by Gasteiger charge is -2.23. The maximum absolute atomic E-state index is 11.0. The molecule has 3 unspecified atom stereocenters. The third kappa shape index (κ3) is 4.79. The lowest BCUT2D eigenvalue weighted by molar-refractivity contribution is 0.148. The summed E-state index contributed by atoms with van der Waals surface area (Å²) in [5.74, 6) is 0. The predicted molar refractivity (Wildman–Crippen MR) is 63.4 cm³/mol. The predicted octanol–water partition coefficient (Wildman–Crippen LogP) is -0.196. The van der Waals surface area contributed by atoms with Crippen molar-refractivity contribution in [1.82, 2.24) is 4.90 Å². The van der Waals surface area contributed by atoms with E-state index in [0.717, 1.165) is 25.9 Å². The van der Waals surface area contributed by atoms with Gasteiger partial charge in [0.25, 0.3) is 0 Å². The highest BCUT2D eigenvalue weighted by atomic mass is 31.2. The van der Waals surface area contributed by atoms with E-state index in [9.17, 15) is 14.2 Å². The topological polar surface area (TPSA) is 118 Å². The number of aliphatic hydroxyl groups is 1. The van der Waals surface area contributed by atoms with Gasteiger partial charge in [-0.05, 0) is 32.4 Å². The maximum Gasteiger partial charge on any atom is 0.340 e. The summed E-state index contributed by atoms with van der Waals surface area (Å²) >= 11 is 0. The number of hydrogen-bond acceptors (Lipinski definition) is 4. The van der Waals surface area contributed by atoms with Crippen molar-refractivity contribution >= 4 is 15.6 Å². The van der Waals surface area contributed by atoms with E-state index < -0.39 is 27.1 Å². The van der Waals surface area contributed by atoms with Crippen LogP contribution in [0.1, 0.15) is 19.3 Å². The Balaban J connectivity index is 2.50. The van der Waals surface area contributed by atoms with E-state index in [-0.39, 0.29) is 6.42 Å². The second-order valence-corrected chi connectivity index (χ2v) is 7.80. The molecule has 1 heterocycles. The van der Waals surface area contributed by atoms with Crippen LogP contribution in [-0.4, -0.2) is 55.8 Å². The zero-order chi connectivity index (χ0) is 13.1. The molecule has 0 radical (unpaired) electrons. The minimum Gasteiger partial charge on any atom is -0.392 e. The lowest BCUT2D eigenvalue weighted by Crippen LogP contribution is -2.29. The van der Waals surface area contributed by atoms with Crippen LogP contribution >= 0.6 is 15.6 Å². The molecule has 0 bridgehead atoms. The van der Waals surface area contributed by atoms with Crippen molar-refractivity contribution in [3.8, 4) is 0 Å². The molecule has 0 aromatic rings. The molecular formula is C8H19NO6P2. The molecule has 0 spiro atoms. The van der Waals surface area contributed by atoms with Crippen LogP contribution < -0.4 is 0 Å². The Morgan fingerprint density at radius 2 is 1.82 bits per heavy atom. The molecule has 4 N–H and O–H groups in total. The summed E-state index contributed by atoms with van der Waals surface area (Å²) in [7, 11) is -8.19. The normalized spacial score (nSPS) is 23.5. The Hall–Kier alpha value is 0.260. The summed E-state index contributed by atoms with van der Waals surface area (Å²) in [5, 5.41) is 7.78. The monoisotopic (exact) mass is 287 g/mol. The quantitative estimate of drug-likeness (QED) is 0.500. The van der Waals surface area contributed by atoms with Gasteiger partial charge >= 0.3 is 7.60 Å². The Morgan fingerprint density at radius 1 is 1.29 bits per heavy atom. The molecule has 102 valence electrons. The maximum atomic E-state index is 11.0. The molecule has 0 saturated carbocycles. The summed E-state index contributed by atoms with van der Waals surface area (Å²) in [6.45, 7) is 2.30. The van der Waals surface area contributed by atoms with Crippen LogP contribution in [-0.2, 0) is 9.13 Å². The van der Waals surface area contributed by atoms with Gasteiger partial charge in [-0.3, -0.25) is 9.13 Å². The van der Waals surface area contributed by atoms with Crippen molar-refractivity contribution in [2.75, 3.05) is 19.6 Å². The summed E-state index contributed by atoms with van der Waals surface area (Å²) in [6.07, 6.45) is 0.823. The van der Waals surface area contributed by atoms with Gasteiger partial charge < -0.3 is 24.7 Å². The van der Waals surface area contributed by atoms with E-state index in [2.05, 4.69) is 4.90 Å². The average molecular weight is 287 g/mol. The molecule has 0 amide bonds. The van der Waals surface area contributed by atoms with E-state index in [1.54, 1.807) is 0 Å². The third-order valence-electron chi connectivity index (χ3n) is 2.92. The standard InChI is InChI=1S/C8H19NO6P2/c10-7(3-6-9-4-1-2-5-9)8(16(11)12)17(13,14)15/h7-8,10,16H,1-6H2,(H,11,12)(H2,13,14,15). The van der Waals surface area contributed by atoms with Crippen molar-refractivity contribution in [3.63, 3.8) is 0 Å². The van der Waals surface area contributed by atoms with Crippen LogP contribution in [0, 0.1) is 0 Å². The highest BCUT2D eigenvalue weighted by molar-refractivity contribution is 7.65. The van der Waals surface area contributed by atoms with Crippen LogP contribution in [0.5, 0.6) is 0 Å². The fourth-order valence-corrected chi connectivity index (χ4v) is 4.26. The molecule has 1 aliphatic heterocycles. The minimum absolute atomic E-state index is 0.104. The molecule has 9 heteroatoms. The molecule has 17 heavy (non-hydrogen) atoms. The van der Waals surface area contributed by atoms with Crippen molar-refractivity contribution in [2.24, 2.45) is 0 Å². The number of likely N-dealkylation sites (tertiary alicyclic amines) is 1. The first-order chi connectivity index (χ1) is 7.82. The molecule has 7 nitrogen and oxygen atoms in total. The molecule has 0 aliphatic carbocycles. The third-order valence-corrected chi connectivity index (χ3v) is 6.55. The Morgan fingerprint density at radius 3 is 2.24 bits per heavy atom. The summed E-state index contributed by atoms with van der Waals surface area (Å²) in [4.78, 5) is 28.8. The SMILES string of the molecule is O=[PH](O)C(C(O)CCN1CCCC1)P(=O)(O)O. The largest absolute Gasteiger partial charge is 0.392 e. The van der Waals surface area contributed by atoms with Crippen LogP contribution in [0.15, 0.2) is 0 Å². The van der Waals surface area contributed by atoms with E-state index in [4.69, 9.17) is 14.7 Å². The van der Waals surface area contributed by atoms with Gasteiger partial charge in [-0.2, -0.15) is 0 Å². The first-order valence-electron chi connectivity index (χ1n) is 5.51. The highest BCUT2D eigenvalue weighted by Gasteiger charge is 2.39. The number of rotatable bonds is 6. The Kier molecular flexibility index (Phi) is 5.80. The van der Waals surface area contributed by atoms with E-state index in [0.29, 0.717) is 6.54 Å². The number of hydrogen-bond donors (Lipinski definition) is 4. The first-order valence-corrected chi connectivity index (χ1v) is 8.62. The minimum atomic E-state index is -4.74. The van der Waals surface area contributed by atoms with Gasteiger partial charge in [-0.15, -0.1) is 0 Å². The molecule has 1 aliphatic rings.